The van der Waals surface area contributed by atoms with Gasteiger partial charge in [0.25, 0.3) is 0 Å². The highest BCUT2D eigenvalue weighted by molar-refractivity contribution is 5.70. The number of esters is 1. The highest BCUT2D eigenvalue weighted by Crippen LogP contribution is 2.40. The molecule has 0 radical (unpaired) electrons. The molecule has 0 bridgehead atoms. The lowest BCUT2D eigenvalue weighted by Crippen LogP contribution is -2.33. The number of hydrogen-bond acceptors (Lipinski definition) is 4. The first kappa shape index (κ1) is 13.8. The van der Waals surface area contributed by atoms with E-state index in [1.807, 2.05) is 20.8 Å². The lowest BCUT2D eigenvalue weighted by Gasteiger charge is -2.19. The predicted molar refractivity (Wildman–Crippen MR) is 62.5 cm³/mol. The number of rotatable bonds is 4. The van der Waals surface area contributed by atoms with Gasteiger partial charge in [-0.1, -0.05) is 0 Å². The Morgan fingerprint density at radius 2 is 1.94 bits per heavy atom. The van der Waals surface area contributed by atoms with Crippen LogP contribution in [0.4, 0.5) is 4.79 Å². The van der Waals surface area contributed by atoms with E-state index in [1.165, 1.54) is 7.11 Å². The lowest BCUT2D eigenvalue weighted by atomic mass is 10.2. The molecule has 0 spiro atoms. The van der Waals surface area contributed by atoms with Crippen LogP contribution in [-0.2, 0) is 14.3 Å². The second kappa shape index (κ2) is 5.38. The molecule has 17 heavy (non-hydrogen) atoms. The lowest BCUT2D eigenvalue weighted by molar-refractivity contribution is -0.141. The Hall–Kier alpha value is -1.26. The average molecular weight is 243 g/mol. The van der Waals surface area contributed by atoms with Gasteiger partial charge in [0.2, 0.25) is 0 Å². The number of ether oxygens (including phenoxy) is 2. The molecule has 0 saturated heterocycles. The fourth-order valence-corrected chi connectivity index (χ4v) is 1.64. The Morgan fingerprint density at radius 1 is 1.29 bits per heavy atom. The number of amides is 1. The fraction of sp³-hybridized carbons (Fsp3) is 0.833. The maximum Gasteiger partial charge on any atom is 0.407 e. The summed E-state index contributed by atoms with van der Waals surface area (Å²) in [5, 5.41) is 2.71. The van der Waals surface area contributed by atoms with Crippen LogP contribution in [0, 0.1) is 11.8 Å². The van der Waals surface area contributed by atoms with Crippen molar-refractivity contribution in [3.8, 4) is 0 Å². The van der Waals surface area contributed by atoms with E-state index >= 15 is 0 Å². The molecule has 1 N–H and O–H groups in total. The summed E-state index contributed by atoms with van der Waals surface area (Å²) in [5.41, 5.74) is -0.473. The third kappa shape index (κ3) is 5.56. The van der Waals surface area contributed by atoms with Crippen molar-refractivity contribution in [2.75, 3.05) is 13.7 Å². The first-order chi connectivity index (χ1) is 7.81. The minimum absolute atomic E-state index is 0.185. The second-order valence-corrected chi connectivity index (χ2v) is 5.42. The van der Waals surface area contributed by atoms with E-state index in [4.69, 9.17) is 4.74 Å². The van der Waals surface area contributed by atoms with Gasteiger partial charge in [-0.2, -0.15) is 0 Å². The molecule has 2 atom stereocenters. The van der Waals surface area contributed by atoms with Gasteiger partial charge in [0, 0.05) is 13.0 Å². The number of carbonyl (C=O) groups excluding carboxylic acids is 2. The molecule has 98 valence electrons. The van der Waals surface area contributed by atoms with Gasteiger partial charge in [0.05, 0.1) is 7.11 Å². The Bertz CT molecular complexity index is 295. The Kier molecular flexibility index (Phi) is 4.37. The molecule has 1 aliphatic carbocycles. The standard InChI is InChI=1S/C12H21NO4/c1-12(2,3)17-11(15)13-7-9-5-8(9)6-10(14)16-4/h8-9H,5-7H2,1-4H3,(H,13,15). The van der Waals surface area contributed by atoms with E-state index in [2.05, 4.69) is 10.1 Å². The van der Waals surface area contributed by atoms with Gasteiger partial charge < -0.3 is 14.8 Å². The van der Waals surface area contributed by atoms with Crippen LogP contribution >= 0.6 is 0 Å². The van der Waals surface area contributed by atoms with Gasteiger partial charge in [0.1, 0.15) is 5.60 Å². The molecule has 0 heterocycles. The molecule has 1 rings (SSSR count). The van der Waals surface area contributed by atoms with E-state index in [1.54, 1.807) is 0 Å². The molecule has 5 nitrogen and oxygen atoms in total. The third-order valence-corrected chi connectivity index (χ3v) is 2.63. The van der Waals surface area contributed by atoms with E-state index in [0.717, 1.165) is 6.42 Å². The molecule has 1 amide bonds. The second-order valence-electron chi connectivity index (χ2n) is 5.42. The molecule has 0 aromatic heterocycles. The minimum Gasteiger partial charge on any atom is -0.469 e. The highest BCUT2D eigenvalue weighted by Gasteiger charge is 2.38. The summed E-state index contributed by atoms with van der Waals surface area (Å²) in [6.07, 6.45) is 1.00. The van der Waals surface area contributed by atoms with Gasteiger partial charge in [-0.3, -0.25) is 4.79 Å². The average Bonchev–Trinajstić information content (AvgIpc) is 2.91. The molecule has 5 heteroatoms. The topological polar surface area (TPSA) is 64.6 Å². The number of hydrogen-bond donors (Lipinski definition) is 1. The van der Waals surface area contributed by atoms with Crippen LogP contribution in [0.3, 0.4) is 0 Å². The zero-order valence-corrected chi connectivity index (χ0v) is 10.9. The Labute approximate surface area is 102 Å². The molecule has 0 aromatic rings. The smallest absolute Gasteiger partial charge is 0.407 e. The van der Waals surface area contributed by atoms with Crippen LogP contribution in [0.2, 0.25) is 0 Å². The van der Waals surface area contributed by atoms with E-state index in [0.29, 0.717) is 24.8 Å². The van der Waals surface area contributed by atoms with Crippen molar-refractivity contribution in [2.24, 2.45) is 11.8 Å². The zero-order valence-electron chi connectivity index (χ0n) is 10.9. The molecule has 0 aliphatic heterocycles. The number of carbonyl (C=O) groups is 2. The van der Waals surface area contributed by atoms with Crippen molar-refractivity contribution < 1.29 is 19.1 Å². The van der Waals surface area contributed by atoms with Crippen LogP contribution in [0.1, 0.15) is 33.6 Å². The molecular formula is C12H21NO4. The van der Waals surface area contributed by atoms with Crippen molar-refractivity contribution in [3.63, 3.8) is 0 Å². The predicted octanol–water partition coefficient (Wildman–Crippen LogP) is 1.71. The maximum atomic E-state index is 11.4. The summed E-state index contributed by atoms with van der Waals surface area (Å²) in [6.45, 7) is 6.04. The monoisotopic (exact) mass is 243 g/mol. The normalized spacial score (nSPS) is 22.8. The largest absolute Gasteiger partial charge is 0.469 e. The number of alkyl carbamates (subject to hydrolysis) is 1. The Morgan fingerprint density at radius 3 is 2.47 bits per heavy atom. The summed E-state index contributed by atoms with van der Waals surface area (Å²) < 4.78 is 9.70. The highest BCUT2D eigenvalue weighted by atomic mass is 16.6. The number of nitrogens with one attached hydrogen (secondary N) is 1. The van der Waals surface area contributed by atoms with Crippen molar-refractivity contribution in [1.29, 1.82) is 0 Å². The quantitative estimate of drug-likeness (QED) is 0.763. The van der Waals surface area contributed by atoms with Crippen LogP contribution in [-0.4, -0.2) is 31.3 Å². The summed E-state index contributed by atoms with van der Waals surface area (Å²) in [6, 6.07) is 0. The van der Waals surface area contributed by atoms with Crippen molar-refractivity contribution in [2.45, 2.75) is 39.2 Å². The maximum absolute atomic E-state index is 11.4. The van der Waals surface area contributed by atoms with E-state index < -0.39 is 11.7 Å². The fourth-order valence-electron chi connectivity index (χ4n) is 1.64. The van der Waals surface area contributed by atoms with Crippen molar-refractivity contribution in [1.82, 2.24) is 5.32 Å². The zero-order chi connectivity index (χ0) is 13.1. The molecule has 2 unspecified atom stereocenters. The van der Waals surface area contributed by atoms with Crippen molar-refractivity contribution in [3.05, 3.63) is 0 Å². The van der Waals surface area contributed by atoms with Gasteiger partial charge in [-0.25, -0.2) is 4.79 Å². The SMILES string of the molecule is COC(=O)CC1CC1CNC(=O)OC(C)(C)C. The van der Waals surface area contributed by atoms with Crippen LogP contribution in [0.15, 0.2) is 0 Å². The van der Waals surface area contributed by atoms with Gasteiger partial charge >= 0.3 is 12.1 Å². The van der Waals surface area contributed by atoms with Gasteiger partial charge in [-0.05, 0) is 39.0 Å². The molecule has 1 fully saturated rings. The van der Waals surface area contributed by atoms with Crippen molar-refractivity contribution >= 4 is 12.1 Å². The Balaban J connectivity index is 2.13. The summed E-state index contributed by atoms with van der Waals surface area (Å²) in [4.78, 5) is 22.4. The first-order valence-corrected chi connectivity index (χ1v) is 5.85. The van der Waals surface area contributed by atoms with Gasteiger partial charge in [-0.15, -0.1) is 0 Å². The van der Waals surface area contributed by atoms with E-state index in [-0.39, 0.29) is 5.97 Å². The summed E-state index contributed by atoms with van der Waals surface area (Å²) in [7, 11) is 1.39. The third-order valence-electron chi connectivity index (χ3n) is 2.63. The minimum atomic E-state index is -0.473. The van der Waals surface area contributed by atoms with Crippen LogP contribution in [0.5, 0.6) is 0 Å². The molecule has 1 saturated carbocycles. The van der Waals surface area contributed by atoms with Gasteiger partial charge in [0.15, 0.2) is 0 Å². The molecule has 1 aliphatic rings. The van der Waals surface area contributed by atoms with E-state index in [9.17, 15) is 9.59 Å². The number of methoxy groups -OCH3 is 1. The summed E-state index contributed by atoms with van der Waals surface area (Å²) >= 11 is 0. The van der Waals surface area contributed by atoms with Crippen LogP contribution in [0.25, 0.3) is 0 Å². The van der Waals surface area contributed by atoms with Crippen LogP contribution < -0.4 is 5.32 Å². The molecule has 0 aromatic carbocycles. The first-order valence-electron chi connectivity index (χ1n) is 5.85. The molecular weight excluding hydrogens is 222 g/mol. The summed E-state index contributed by atoms with van der Waals surface area (Å²) in [5.74, 6) is 0.536.